The maximum atomic E-state index is 15.2. The third kappa shape index (κ3) is 4.82. The van der Waals surface area contributed by atoms with Gasteiger partial charge in [-0.25, -0.2) is 0 Å². The Labute approximate surface area is 244 Å². The van der Waals surface area contributed by atoms with E-state index in [1.165, 1.54) is 0 Å². The van der Waals surface area contributed by atoms with Gasteiger partial charge in [-0.05, 0) is 54.4 Å². The predicted molar refractivity (Wildman–Crippen MR) is 181 cm³/mol. The summed E-state index contributed by atoms with van der Waals surface area (Å²) in [6.45, 7) is 58.4. The quantitative estimate of drug-likeness (QED) is 0.215. The van der Waals surface area contributed by atoms with E-state index in [-0.39, 0.29) is 42.6 Å². The molecule has 0 amide bonds. The normalized spacial score (nSPS) is 16.5. The van der Waals surface area contributed by atoms with Crippen LogP contribution in [0.1, 0.15) is 138 Å². The van der Waals surface area contributed by atoms with Crippen LogP contribution in [0.4, 0.5) is 4.79 Å². The lowest BCUT2D eigenvalue weighted by Gasteiger charge is -2.66. The summed E-state index contributed by atoms with van der Waals surface area (Å²) in [6, 6.07) is 0. The van der Waals surface area contributed by atoms with E-state index in [4.69, 9.17) is 0 Å². The minimum Gasteiger partial charge on any atom is -0.311 e. The van der Waals surface area contributed by atoms with Crippen molar-refractivity contribution in [3.8, 4) is 0 Å². The summed E-state index contributed by atoms with van der Waals surface area (Å²) in [4.78, 5) is 15.2. The van der Waals surface area contributed by atoms with E-state index < -0.39 is 16.1 Å². The Hall–Kier alpha value is 0.104. The molecule has 0 aliphatic heterocycles. The van der Waals surface area contributed by atoms with E-state index in [2.05, 4.69) is 165 Å². The smallest absolute Gasteiger partial charge is 0.126 e. The Kier molecular flexibility index (Phi) is 10.2. The van der Waals surface area contributed by atoms with Crippen molar-refractivity contribution < 1.29 is 4.79 Å². The van der Waals surface area contributed by atoms with Crippen molar-refractivity contribution in [3.05, 3.63) is 0 Å². The molecule has 0 unspecified atom stereocenters. The Balaban J connectivity index is 7.06. The summed E-state index contributed by atoms with van der Waals surface area (Å²) < 4.78 is 0. The standard InChI is InChI=1S/C35H74OSi2/c1-25(2)28(5,6)30(9,10)32(13,14)34(17,18)37(21,22)27(36)38(23,24)35(19,20)33(15,16)31(11,12)29(7,8)26(3)4/h25-26H,1-24H3. The minimum absolute atomic E-state index is 0.0256. The highest BCUT2D eigenvalue weighted by Crippen LogP contribution is 2.70. The molecule has 0 spiro atoms. The molecule has 0 bridgehead atoms. The molecule has 1 nitrogen and oxygen atoms in total. The van der Waals surface area contributed by atoms with E-state index in [0.29, 0.717) is 16.9 Å². The van der Waals surface area contributed by atoms with Crippen LogP contribution in [0.15, 0.2) is 0 Å². The molecule has 3 heteroatoms. The van der Waals surface area contributed by atoms with Crippen LogP contribution >= 0.6 is 0 Å². The summed E-state index contributed by atoms with van der Waals surface area (Å²) in [5.41, 5.74) is 0.326. The zero-order chi connectivity index (χ0) is 31.7. The van der Waals surface area contributed by atoms with Crippen LogP contribution in [0.2, 0.25) is 36.3 Å². The second kappa shape index (κ2) is 10.1. The topological polar surface area (TPSA) is 17.1 Å². The number of rotatable bonds is 12. The van der Waals surface area contributed by atoms with E-state index in [9.17, 15) is 0 Å². The molecule has 0 aromatic carbocycles. The second-order valence-electron chi connectivity index (χ2n) is 19.1. The van der Waals surface area contributed by atoms with Crippen molar-refractivity contribution in [3.63, 3.8) is 0 Å². The van der Waals surface area contributed by atoms with Gasteiger partial charge in [0.05, 0.1) is 5.03 Å². The Morgan fingerprint density at radius 2 is 0.605 bits per heavy atom. The van der Waals surface area contributed by atoms with Crippen LogP contribution in [0.3, 0.4) is 0 Å². The lowest BCUT2D eigenvalue weighted by Crippen LogP contribution is -2.69. The summed E-state index contributed by atoms with van der Waals surface area (Å²) in [5, 5.41) is 0.505. The third-order valence-electron chi connectivity index (χ3n) is 16.6. The third-order valence-corrected chi connectivity index (χ3v) is 30.1. The van der Waals surface area contributed by atoms with Crippen LogP contribution in [0, 0.1) is 44.3 Å². The fourth-order valence-corrected chi connectivity index (χ4v) is 20.5. The number of hydrogen-bond acceptors (Lipinski definition) is 1. The molecule has 0 radical (unpaired) electrons. The zero-order valence-corrected chi connectivity index (χ0v) is 33.1. The van der Waals surface area contributed by atoms with Crippen LogP contribution in [0.25, 0.3) is 0 Å². The van der Waals surface area contributed by atoms with Crippen molar-refractivity contribution >= 4 is 21.2 Å². The fourth-order valence-electron chi connectivity index (χ4n) is 7.53. The Morgan fingerprint density at radius 3 is 0.763 bits per heavy atom. The molecule has 0 aliphatic rings. The van der Waals surface area contributed by atoms with Crippen LogP contribution < -0.4 is 0 Å². The largest absolute Gasteiger partial charge is 0.311 e. The molecule has 0 aliphatic carbocycles. The maximum absolute atomic E-state index is 15.2. The molecule has 0 atom stereocenters. The van der Waals surface area contributed by atoms with Gasteiger partial charge in [0.1, 0.15) is 16.1 Å². The van der Waals surface area contributed by atoms with Crippen molar-refractivity contribution in [2.24, 2.45) is 44.3 Å². The summed E-state index contributed by atoms with van der Waals surface area (Å²) in [5.74, 6) is 1.12. The van der Waals surface area contributed by atoms with Crippen molar-refractivity contribution in [2.75, 3.05) is 0 Å². The molecule has 228 valence electrons. The first-order valence-corrected chi connectivity index (χ1v) is 21.6. The number of carbonyl (C=O) groups excluding carboxylic acids is 1. The lowest BCUT2D eigenvalue weighted by atomic mass is 9.48. The zero-order valence-electron chi connectivity index (χ0n) is 31.1. The first-order valence-electron chi connectivity index (χ1n) is 15.6. The number of carbonyl (C=O) groups is 1. The molecule has 0 aromatic heterocycles. The molecule has 0 rings (SSSR count). The molecular weight excluding hydrogens is 493 g/mol. The van der Waals surface area contributed by atoms with Gasteiger partial charge in [0.15, 0.2) is 0 Å². The van der Waals surface area contributed by atoms with Gasteiger partial charge >= 0.3 is 0 Å². The van der Waals surface area contributed by atoms with Crippen LogP contribution in [-0.4, -0.2) is 21.2 Å². The average molecular weight is 567 g/mol. The van der Waals surface area contributed by atoms with Crippen molar-refractivity contribution in [1.29, 1.82) is 0 Å². The Morgan fingerprint density at radius 1 is 0.421 bits per heavy atom. The molecule has 0 saturated carbocycles. The first-order chi connectivity index (χ1) is 16.0. The predicted octanol–water partition coefficient (Wildman–Crippen LogP) is 12.7. The second-order valence-corrected chi connectivity index (χ2v) is 29.5. The maximum Gasteiger partial charge on any atom is 0.126 e. The molecule has 0 aromatic rings. The van der Waals surface area contributed by atoms with Gasteiger partial charge in [-0.1, -0.05) is 165 Å². The lowest BCUT2D eigenvalue weighted by molar-refractivity contribution is -0.0707. The molecular formula is C35H74OSi2. The Bertz CT molecular complexity index is 788. The van der Waals surface area contributed by atoms with Gasteiger partial charge in [-0.15, -0.1) is 0 Å². The summed E-state index contributed by atoms with van der Waals surface area (Å²) in [6.07, 6.45) is 0. The van der Waals surface area contributed by atoms with Crippen molar-refractivity contribution in [2.45, 2.75) is 175 Å². The molecule has 0 heterocycles. The van der Waals surface area contributed by atoms with Gasteiger partial charge < -0.3 is 4.79 Å². The molecule has 0 N–H and O–H groups in total. The SMILES string of the molecule is CC(C)C(C)(C)C(C)(C)C(C)(C)C(C)(C)[Si](C)(C)C(=O)[Si](C)(C)C(C)(C)C(C)(C)C(C)(C)C(C)(C)C(C)C. The minimum atomic E-state index is -2.42. The van der Waals surface area contributed by atoms with E-state index in [0.717, 1.165) is 0 Å². The summed E-state index contributed by atoms with van der Waals surface area (Å²) in [7, 11) is -4.84. The van der Waals surface area contributed by atoms with Gasteiger partial charge in [0.25, 0.3) is 0 Å². The highest BCUT2D eigenvalue weighted by molar-refractivity contribution is 7.33. The molecule has 38 heavy (non-hydrogen) atoms. The van der Waals surface area contributed by atoms with E-state index in [1.807, 2.05) is 0 Å². The highest BCUT2D eigenvalue weighted by atomic mass is 28.4. The van der Waals surface area contributed by atoms with Crippen molar-refractivity contribution in [1.82, 2.24) is 0 Å². The van der Waals surface area contributed by atoms with Gasteiger partial charge in [-0.2, -0.15) is 0 Å². The van der Waals surface area contributed by atoms with Gasteiger partial charge in [-0.3, -0.25) is 0 Å². The van der Waals surface area contributed by atoms with Gasteiger partial charge in [0, 0.05) is 0 Å². The first kappa shape index (κ1) is 38.1. The number of hydrogen-bond donors (Lipinski definition) is 0. The monoisotopic (exact) mass is 567 g/mol. The molecule has 0 fully saturated rings. The van der Waals surface area contributed by atoms with E-state index in [1.54, 1.807) is 0 Å². The van der Waals surface area contributed by atoms with E-state index >= 15 is 4.79 Å². The van der Waals surface area contributed by atoms with Crippen LogP contribution in [-0.2, 0) is 0 Å². The highest BCUT2D eigenvalue weighted by Gasteiger charge is 2.67. The fraction of sp³-hybridized carbons (Fsp3) is 0.971. The van der Waals surface area contributed by atoms with Gasteiger partial charge in [0.2, 0.25) is 0 Å². The molecule has 0 saturated heterocycles. The van der Waals surface area contributed by atoms with Crippen LogP contribution in [0.5, 0.6) is 0 Å². The summed E-state index contributed by atoms with van der Waals surface area (Å²) >= 11 is 0. The average Bonchev–Trinajstić information content (AvgIpc) is 2.71.